The molecule has 4 aromatic rings. The van der Waals surface area contributed by atoms with Gasteiger partial charge >= 0.3 is 11.4 Å². The van der Waals surface area contributed by atoms with E-state index in [1.165, 1.54) is 11.1 Å². The number of allylic oxidation sites excluding steroid dienone is 2. The van der Waals surface area contributed by atoms with Crippen LogP contribution in [0.3, 0.4) is 0 Å². The SMILES string of the molecule is CCC(=Cc1sc2cc(C)c(C)cc2[n+]1CCCCOS(=O)O)C=C1Oc2ccc(-c3ccccc3)cc2N1CCS(=O)(=O)[O-]. The van der Waals surface area contributed by atoms with E-state index in [1.54, 1.807) is 16.2 Å². The van der Waals surface area contributed by atoms with E-state index in [9.17, 15) is 17.2 Å². The Morgan fingerprint density at radius 1 is 1.09 bits per heavy atom. The summed E-state index contributed by atoms with van der Waals surface area (Å²) in [6, 6.07) is 20.0. The van der Waals surface area contributed by atoms with Gasteiger partial charge in [-0.2, -0.15) is 8.78 Å². The summed E-state index contributed by atoms with van der Waals surface area (Å²) in [6.07, 6.45) is 6.09. The average Bonchev–Trinajstić information content (AvgIpc) is 3.51. The van der Waals surface area contributed by atoms with Crippen LogP contribution in [0.4, 0.5) is 5.69 Å². The lowest BCUT2D eigenvalue weighted by Crippen LogP contribution is -2.35. The minimum atomic E-state index is -4.46. The Bertz CT molecular complexity index is 1880. The van der Waals surface area contributed by atoms with Crippen LogP contribution in [0.2, 0.25) is 0 Å². The van der Waals surface area contributed by atoms with Gasteiger partial charge in [0, 0.05) is 31.2 Å². The minimum Gasteiger partial charge on any atom is -0.748 e. The Hall–Kier alpha value is -3.39. The molecule has 1 aromatic heterocycles. The normalized spacial score (nSPS) is 15.1. The zero-order valence-electron chi connectivity index (χ0n) is 25.4. The molecule has 238 valence electrons. The average molecular weight is 669 g/mol. The number of fused-ring (bicyclic) bond motifs is 2. The molecule has 9 nitrogen and oxygen atoms in total. The highest BCUT2D eigenvalue weighted by atomic mass is 32.2. The fourth-order valence-electron chi connectivity index (χ4n) is 5.21. The van der Waals surface area contributed by atoms with E-state index < -0.39 is 27.2 Å². The maximum Gasteiger partial charge on any atom is 0.301 e. The molecule has 0 saturated carbocycles. The van der Waals surface area contributed by atoms with Crippen LogP contribution in [-0.4, -0.2) is 40.6 Å². The van der Waals surface area contributed by atoms with Crippen molar-refractivity contribution in [3.63, 3.8) is 0 Å². The number of benzene rings is 3. The molecule has 1 unspecified atom stereocenters. The molecule has 0 amide bonds. The van der Waals surface area contributed by atoms with Crippen LogP contribution in [0.1, 0.15) is 42.3 Å². The second kappa shape index (κ2) is 14.4. The Morgan fingerprint density at radius 2 is 1.84 bits per heavy atom. The third-order valence-electron chi connectivity index (χ3n) is 7.74. The van der Waals surface area contributed by atoms with Crippen molar-refractivity contribution < 1.29 is 35.2 Å². The quantitative estimate of drug-likeness (QED) is 0.0744. The zero-order chi connectivity index (χ0) is 32.1. The summed E-state index contributed by atoms with van der Waals surface area (Å²) in [5, 5.41) is 1.03. The first-order valence-corrected chi connectivity index (χ1v) is 18.1. The highest BCUT2D eigenvalue weighted by Gasteiger charge is 2.28. The molecule has 3 aromatic carbocycles. The number of unbranched alkanes of at least 4 members (excludes halogenated alkanes) is 1. The van der Waals surface area contributed by atoms with Crippen molar-refractivity contribution in [3.8, 4) is 16.9 Å². The molecule has 0 aliphatic carbocycles. The van der Waals surface area contributed by atoms with Crippen LogP contribution < -0.4 is 14.2 Å². The number of aromatic nitrogens is 1. The van der Waals surface area contributed by atoms with Gasteiger partial charge in [-0.1, -0.05) is 54.7 Å². The van der Waals surface area contributed by atoms with Gasteiger partial charge in [0.15, 0.2) is 12.3 Å². The predicted molar refractivity (Wildman–Crippen MR) is 178 cm³/mol. The monoisotopic (exact) mass is 668 g/mol. The zero-order valence-corrected chi connectivity index (χ0v) is 27.8. The van der Waals surface area contributed by atoms with Gasteiger partial charge in [0.2, 0.25) is 11.4 Å². The first-order valence-electron chi connectivity index (χ1n) is 14.7. The summed E-state index contributed by atoms with van der Waals surface area (Å²) in [5.74, 6) is 0.491. The van der Waals surface area contributed by atoms with Crippen LogP contribution in [-0.2, 0) is 32.2 Å². The number of nitrogens with zero attached hydrogens (tertiary/aromatic N) is 2. The molecule has 0 fully saturated rings. The topological polar surface area (TPSA) is 120 Å². The number of hydrogen-bond acceptors (Lipinski definition) is 8. The van der Waals surface area contributed by atoms with Crippen molar-refractivity contribution in [1.29, 1.82) is 0 Å². The molecular weight excluding hydrogens is 633 g/mol. The van der Waals surface area contributed by atoms with E-state index in [0.717, 1.165) is 38.3 Å². The smallest absolute Gasteiger partial charge is 0.301 e. The third kappa shape index (κ3) is 8.26. The van der Waals surface area contributed by atoms with E-state index in [-0.39, 0.29) is 13.2 Å². The Balaban J connectivity index is 1.51. The van der Waals surface area contributed by atoms with Gasteiger partial charge < -0.3 is 14.2 Å². The van der Waals surface area contributed by atoms with Crippen LogP contribution >= 0.6 is 11.3 Å². The second-order valence-electron chi connectivity index (χ2n) is 10.9. The number of aryl methyl sites for hydroxylation is 3. The van der Waals surface area contributed by atoms with E-state index in [4.69, 9.17) is 13.5 Å². The second-order valence-corrected chi connectivity index (χ2v) is 14.1. The molecule has 0 spiro atoms. The number of rotatable bonds is 13. The van der Waals surface area contributed by atoms with Crippen LogP contribution in [0.25, 0.3) is 27.4 Å². The number of ether oxygens (including phenoxy) is 1. The summed E-state index contributed by atoms with van der Waals surface area (Å²) in [5.41, 5.74) is 7.15. The molecule has 45 heavy (non-hydrogen) atoms. The first-order chi connectivity index (χ1) is 21.5. The molecule has 1 aliphatic rings. The van der Waals surface area contributed by atoms with E-state index in [2.05, 4.69) is 36.6 Å². The Labute approximate surface area is 270 Å². The number of thiazole rings is 1. The van der Waals surface area contributed by atoms with E-state index in [0.29, 0.717) is 36.7 Å². The molecule has 5 rings (SSSR count). The van der Waals surface area contributed by atoms with Crippen LogP contribution in [0.5, 0.6) is 5.75 Å². The van der Waals surface area contributed by atoms with Gasteiger partial charge in [-0.25, -0.2) is 8.42 Å². The molecule has 1 aliphatic heterocycles. The van der Waals surface area contributed by atoms with Crippen LogP contribution in [0, 0.1) is 13.8 Å². The van der Waals surface area contributed by atoms with Gasteiger partial charge in [-0.3, -0.25) is 8.74 Å². The molecule has 0 saturated heterocycles. The molecule has 1 N–H and O–H groups in total. The lowest BCUT2D eigenvalue weighted by molar-refractivity contribution is -0.669. The van der Waals surface area contributed by atoms with Gasteiger partial charge in [0.1, 0.15) is 4.70 Å². The Morgan fingerprint density at radius 3 is 2.56 bits per heavy atom. The summed E-state index contributed by atoms with van der Waals surface area (Å²) in [4.78, 5) is 1.76. The largest absolute Gasteiger partial charge is 0.748 e. The minimum absolute atomic E-state index is 0.0396. The molecule has 12 heteroatoms. The maximum atomic E-state index is 11.7. The van der Waals surface area contributed by atoms with Crippen molar-refractivity contribution in [3.05, 3.63) is 94.3 Å². The summed E-state index contributed by atoms with van der Waals surface area (Å²) in [7, 11) is -4.46. The molecule has 2 heterocycles. The molecule has 0 radical (unpaired) electrons. The summed E-state index contributed by atoms with van der Waals surface area (Å²) < 4.78 is 69.2. The summed E-state index contributed by atoms with van der Waals surface area (Å²) in [6.45, 7) is 7.08. The van der Waals surface area contributed by atoms with E-state index >= 15 is 0 Å². The van der Waals surface area contributed by atoms with Crippen molar-refractivity contribution in [2.75, 3.05) is 23.8 Å². The van der Waals surface area contributed by atoms with Crippen molar-refractivity contribution in [2.45, 2.75) is 46.6 Å². The predicted octanol–water partition coefficient (Wildman–Crippen LogP) is 6.49. The summed E-state index contributed by atoms with van der Waals surface area (Å²) >= 11 is -0.592. The molecule has 1 atom stereocenters. The standard InChI is InChI=1S/C33H36N2O7S3/c1-4-25(21-33-35(14-8-9-16-41-44(36)37)29-18-23(2)24(3)19-31(29)43-33)20-32-34(15-17-45(38,39)40)28-22-27(12-13-30(28)42-32)26-10-6-5-7-11-26/h5-7,10-13,18-22H,4,8-9,14-17H2,1-3H3,(H-,36,37,38,39,40). The Kier molecular flexibility index (Phi) is 10.5. The first kappa shape index (κ1) is 33.0. The van der Waals surface area contributed by atoms with Gasteiger partial charge in [0.25, 0.3) is 5.01 Å². The maximum absolute atomic E-state index is 11.7. The third-order valence-corrected chi connectivity index (χ3v) is 9.88. The number of hydrogen-bond donors (Lipinski definition) is 1. The van der Waals surface area contributed by atoms with Crippen molar-refractivity contribution in [2.24, 2.45) is 0 Å². The van der Waals surface area contributed by atoms with Crippen LogP contribution in [0.15, 0.2) is 78.2 Å². The van der Waals surface area contributed by atoms with Gasteiger partial charge in [0.05, 0.1) is 28.2 Å². The lowest BCUT2D eigenvalue weighted by atomic mass is 10.0. The highest BCUT2D eigenvalue weighted by Crippen LogP contribution is 2.42. The van der Waals surface area contributed by atoms with E-state index in [1.807, 2.05) is 61.5 Å². The lowest BCUT2D eigenvalue weighted by Gasteiger charge is -2.20. The number of anilines is 1. The van der Waals surface area contributed by atoms with Crippen molar-refractivity contribution >= 4 is 54.8 Å². The molecular formula is C33H36N2O7S3. The highest BCUT2D eigenvalue weighted by molar-refractivity contribution is 7.85. The fourth-order valence-corrected chi connectivity index (χ4v) is 7.12. The van der Waals surface area contributed by atoms with Crippen molar-refractivity contribution in [1.82, 2.24) is 0 Å². The van der Waals surface area contributed by atoms with Gasteiger partial charge in [-0.15, -0.1) is 0 Å². The molecule has 0 bridgehead atoms. The van der Waals surface area contributed by atoms with Gasteiger partial charge in [-0.05, 0) is 72.7 Å². The fraction of sp³-hybridized carbons (Fsp3) is 0.303.